The molecule has 0 spiro atoms. The monoisotopic (exact) mass is 310 g/mol. The first-order valence-corrected chi connectivity index (χ1v) is 7.51. The molecule has 2 aromatic rings. The highest BCUT2D eigenvalue weighted by atomic mass is 35.5. The summed E-state index contributed by atoms with van der Waals surface area (Å²) in [7, 11) is 1.65. The molecule has 0 aliphatic carbocycles. The number of halogens is 1. The first-order chi connectivity index (χ1) is 10.2. The van der Waals surface area contributed by atoms with Crippen molar-refractivity contribution in [3.8, 4) is 5.75 Å². The minimum absolute atomic E-state index is 0.0246. The van der Waals surface area contributed by atoms with Crippen molar-refractivity contribution in [3.05, 3.63) is 24.0 Å². The van der Waals surface area contributed by atoms with Crippen molar-refractivity contribution in [2.75, 3.05) is 26.9 Å². The number of aromatic nitrogens is 2. The van der Waals surface area contributed by atoms with Crippen molar-refractivity contribution in [3.63, 3.8) is 0 Å². The van der Waals surface area contributed by atoms with Gasteiger partial charge in [-0.25, -0.2) is 4.98 Å². The lowest BCUT2D eigenvalue weighted by Crippen LogP contribution is -2.32. The number of imidazole rings is 1. The maximum absolute atomic E-state index is 6.30. The number of hydrogen-bond donors (Lipinski definition) is 0. The maximum Gasteiger partial charge on any atom is 0.146 e. The number of benzene rings is 1. The van der Waals surface area contributed by atoms with Crippen LogP contribution in [0.5, 0.6) is 5.75 Å². The second-order valence-electron chi connectivity index (χ2n) is 5.09. The van der Waals surface area contributed by atoms with E-state index in [4.69, 9.17) is 25.8 Å². The number of nitrogens with zero attached hydrogens (tertiary/aromatic N) is 2. The number of para-hydroxylation sites is 1. The van der Waals surface area contributed by atoms with Crippen LogP contribution in [-0.4, -0.2) is 42.6 Å². The fourth-order valence-corrected chi connectivity index (χ4v) is 2.81. The molecule has 1 aliphatic rings. The predicted molar refractivity (Wildman–Crippen MR) is 81.1 cm³/mol. The first-order valence-electron chi connectivity index (χ1n) is 7.07. The van der Waals surface area contributed by atoms with Gasteiger partial charge in [0.2, 0.25) is 0 Å². The van der Waals surface area contributed by atoms with Crippen molar-refractivity contribution in [2.45, 2.75) is 24.9 Å². The zero-order chi connectivity index (χ0) is 14.8. The highest BCUT2D eigenvalue weighted by Gasteiger charge is 2.22. The summed E-state index contributed by atoms with van der Waals surface area (Å²) in [6.45, 7) is 4.49. The van der Waals surface area contributed by atoms with Crippen LogP contribution in [0.3, 0.4) is 0 Å². The smallest absolute Gasteiger partial charge is 0.146 e. The maximum atomic E-state index is 6.30. The van der Waals surface area contributed by atoms with Gasteiger partial charge in [-0.1, -0.05) is 6.07 Å². The first kappa shape index (κ1) is 14.6. The minimum atomic E-state index is -0.188. The second-order valence-corrected chi connectivity index (χ2v) is 5.75. The van der Waals surface area contributed by atoms with E-state index in [1.54, 1.807) is 7.11 Å². The summed E-state index contributed by atoms with van der Waals surface area (Å²) in [5.41, 5.74) is 1.84. The normalized spacial score (nSPS) is 20.6. The Kier molecular flexibility index (Phi) is 4.33. The third kappa shape index (κ3) is 2.86. The molecule has 0 N–H and O–H groups in total. The highest BCUT2D eigenvalue weighted by Crippen LogP contribution is 2.30. The summed E-state index contributed by atoms with van der Waals surface area (Å²) in [5.74, 6) is 1.58. The molecule has 1 aliphatic heterocycles. The third-order valence-corrected chi connectivity index (χ3v) is 3.81. The SMILES string of the molecule is COc1cccc2c1nc(C(C)Cl)n2CC1COCCO1. The Balaban J connectivity index is 2.03. The number of methoxy groups -OCH3 is 1. The van der Waals surface area contributed by atoms with E-state index >= 15 is 0 Å². The highest BCUT2D eigenvalue weighted by molar-refractivity contribution is 6.20. The van der Waals surface area contributed by atoms with Gasteiger partial charge < -0.3 is 18.8 Å². The molecule has 2 heterocycles. The van der Waals surface area contributed by atoms with Gasteiger partial charge in [0.25, 0.3) is 0 Å². The van der Waals surface area contributed by atoms with Gasteiger partial charge in [-0.15, -0.1) is 11.6 Å². The fraction of sp³-hybridized carbons (Fsp3) is 0.533. The minimum Gasteiger partial charge on any atom is -0.494 e. The van der Waals surface area contributed by atoms with Gasteiger partial charge >= 0.3 is 0 Å². The predicted octanol–water partition coefficient (Wildman–Crippen LogP) is 2.76. The average molecular weight is 311 g/mol. The number of alkyl halides is 1. The van der Waals surface area contributed by atoms with Crippen molar-refractivity contribution in [1.82, 2.24) is 9.55 Å². The molecule has 2 unspecified atom stereocenters. The molecule has 6 heteroatoms. The van der Waals surface area contributed by atoms with Crippen molar-refractivity contribution in [2.24, 2.45) is 0 Å². The molecular weight excluding hydrogens is 292 g/mol. The van der Waals surface area contributed by atoms with E-state index in [1.165, 1.54) is 0 Å². The zero-order valence-electron chi connectivity index (χ0n) is 12.2. The van der Waals surface area contributed by atoms with Crippen LogP contribution in [0.15, 0.2) is 18.2 Å². The Morgan fingerprint density at radius 2 is 2.33 bits per heavy atom. The fourth-order valence-electron chi connectivity index (χ4n) is 2.65. The van der Waals surface area contributed by atoms with Crippen LogP contribution in [0.4, 0.5) is 0 Å². The standard InChI is InChI=1S/C15H19ClN2O3/c1-10(16)15-17-14-12(4-3-5-13(14)19-2)18(15)8-11-9-20-6-7-21-11/h3-5,10-11H,6-9H2,1-2H3. The Morgan fingerprint density at radius 3 is 3.00 bits per heavy atom. The molecule has 1 aromatic carbocycles. The summed E-state index contributed by atoms with van der Waals surface area (Å²) in [4.78, 5) is 4.66. The summed E-state index contributed by atoms with van der Waals surface area (Å²) >= 11 is 6.30. The van der Waals surface area contributed by atoms with Gasteiger partial charge in [0, 0.05) is 0 Å². The van der Waals surface area contributed by atoms with Gasteiger partial charge in [-0.05, 0) is 19.1 Å². The van der Waals surface area contributed by atoms with Crippen LogP contribution in [0.2, 0.25) is 0 Å². The van der Waals surface area contributed by atoms with Crippen LogP contribution >= 0.6 is 11.6 Å². The van der Waals surface area contributed by atoms with Crippen LogP contribution < -0.4 is 4.74 Å². The van der Waals surface area contributed by atoms with Crippen molar-refractivity contribution in [1.29, 1.82) is 0 Å². The van der Waals surface area contributed by atoms with Gasteiger partial charge in [-0.2, -0.15) is 0 Å². The quantitative estimate of drug-likeness (QED) is 0.815. The van der Waals surface area contributed by atoms with Crippen LogP contribution in [0.1, 0.15) is 18.1 Å². The van der Waals surface area contributed by atoms with Gasteiger partial charge in [0.05, 0.1) is 50.5 Å². The number of ether oxygens (including phenoxy) is 3. The molecule has 0 radical (unpaired) electrons. The molecule has 2 atom stereocenters. The molecule has 1 saturated heterocycles. The van der Waals surface area contributed by atoms with E-state index in [0.717, 1.165) is 22.6 Å². The Labute approximate surface area is 128 Å². The van der Waals surface area contributed by atoms with E-state index in [2.05, 4.69) is 9.55 Å². The van der Waals surface area contributed by atoms with Gasteiger partial charge in [0.1, 0.15) is 17.1 Å². The molecule has 0 bridgehead atoms. The van der Waals surface area contributed by atoms with E-state index in [-0.39, 0.29) is 11.5 Å². The average Bonchev–Trinajstić information content (AvgIpc) is 2.87. The molecule has 3 rings (SSSR count). The van der Waals surface area contributed by atoms with Crippen molar-refractivity contribution >= 4 is 22.6 Å². The molecule has 5 nitrogen and oxygen atoms in total. The Morgan fingerprint density at radius 1 is 1.48 bits per heavy atom. The largest absolute Gasteiger partial charge is 0.494 e. The summed E-state index contributed by atoms with van der Waals surface area (Å²) in [5, 5.41) is -0.188. The van der Waals surface area contributed by atoms with E-state index in [9.17, 15) is 0 Å². The molecule has 1 aromatic heterocycles. The lowest BCUT2D eigenvalue weighted by molar-refractivity contribution is -0.0934. The molecular formula is C15H19ClN2O3. The lowest BCUT2D eigenvalue weighted by Gasteiger charge is -2.24. The van der Waals surface area contributed by atoms with Crippen LogP contribution in [-0.2, 0) is 16.0 Å². The molecule has 1 fully saturated rings. The number of rotatable bonds is 4. The molecule has 0 saturated carbocycles. The number of fused-ring (bicyclic) bond motifs is 1. The molecule has 0 amide bonds. The van der Waals surface area contributed by atoms with E-state index < -0.39 is 0 Å². The summed E-state index contributed by atoms with van der Waals surface area (Å²) < 4.78 is 18.7. The third-order valence-electron chi connectivity index (χ3n) is 3.62. The Bertz CT molecular complexity index is 621. The van der Waals surface area contributed by atoms with E-state index in [1.807, 2.05) is 25.1 Å². The molecule has 114 valence electrons. The second kappa shape index (κ2) is 6.22. The van der Waals surface area contributed by atoms with Gasteiger partial charge in [-0.3, -0.25) is 0 Å². The Hall–Kier alpha value is -1.30. The van der Waals surface area contributed by atoms with E-state index in [0.29, 0.717) is 26.4 Å². The van der Waals surface area contributed by atoms with Gasteiger partial charge in [0.15, 0.2) is 0 Å². The van der Waals surface area contributed by atoms with Crippen LogP contribution in [0, 0.1) is 0 Å². The van der Waals surface area contributed by atoms with Crippen molar-refractivity contribution < 1.29 is 14.2 Å². The topological polar surface area (TPSA) is 45.5 Å². The summed E-state index contributed by atoms with van der Waals surface area (Å²) in [6.07, 6.45) is 0.0246. The lowest BCUT2D eigenvalue weighted by atomic mass is 10.2. The molecule has 21 heavy (non-hydrogen) atoms. The van der Waals surface area contributed by atoms with Crippen LogP contribution in [0.25, 0.3) is 11.0 Å². The number of hydrogen-bond acceptors (Lipinski definition) is 4. The summed E-state index contributed by atoms with van der Waals surface area (Å²) in [6, 6.07) is 5.89. The zero-order valence-corrected chi connectivity index (χ0v) is 13.0.